The van der Waals surface area contributed by atoms with Gasteiger partial charge in [-0.05, 0) is 43.6 Å². The molecule has 1 atom stereocenters. The zero-order valence-electron chi connectivity index (χ0n) is 12.7. The molecule has 3 fully saturated rings. The van der Waals surface area contributed by atoms with Crippen LogP contribution >= 0.6 is 11.3 Å². The molecule has 0 bridgehead atoms. The fraction of sp³-hybridized carbons (Fsp3) is 0.647. The molecule has 5 heteroatoms. The van der Waals surface area contributed by atoms with Crippen molar-refractivity contribution in [3.05, 3.63) is 22.4 Å². The highest BCUT2D eigenvalue weighted by atomic mass is 32.1. The van der Waals surface area contributed by atoms with E-state index in [2.05, 4.69) is 22.4 Å². The lowest BCUT2D eigenvalue weighted by atomic mass is 9.91. The maximum absolute atomic E-state index is 12.7. The van der Waals surface area contributed by atoms with Gasteiger partial charge in [-0.2, -0.15) is 0 Å². The fourth-order valence-corrected chi connectivity index (χ4v) is 4.47. The van der Waals surface area contributed by atoms with Gasteiger partial charge in [-0.3, -0.25) is 9.59 Å². The van der Waals surface area contributed by atoms with Crippen molar-refractivity contribution in [2.45, 2.75) is 38.1 Å². The van der Waals surface area contributed by atoms with E-state index in [1.54, 1.807) is 11.3 Å². The summed E-state index contributed by atoms with van der Waals surface area (Å²) in [6.07, 6.45) is 4.89. The molecule has 3 heterocycles. The van der Waals surface area contributed by atoms with Gasteiger partial charge in [-0.25, -0.2) is 0 Å². The van der Waals surface area contributed by atoms with Crippen molar-refractivity contribution >= 4 is 23.2 Å². The number of hydrogen-bond donors (Lipinski definition) is 0. The van der Waals surface area contributed by atoms with Crippen LogP contribution in [0, 0.1) is 11.8 Å². The summed E-state index contributed by atoms with van der Waals surface area (Å²) in [5.41, 5.74) is 0. The molecular formula is C17H22N2O2S. The molecule has 1 aliphatic carbocycles. The summed E-state index contributed by atoms with van der Waals surface area (Å²) in [4.78, 5) is 30.2. The Kier molecular flexibility index (Phi) is 3.68. The largest absolute Gasteiger partial charge is 0.342 e. The molecule has 1 aromatic heterocycles. The Morgan fingerprint density at radius 3 is 2.23 bits per heavy atom. The molecule has 0 unspecified atom stereocenters. The molecule has 4 nitrogen and oxygen atoms in total. The maximum Gasteiger partial charge on any atom is 0.226 e. The van der Waals surface area contributed by atoms with E-state index in [0.29, 0.717) is 23.8 Å². The van der Waals surface area contributed by atoms with Gasteiger partial charge in [0.1, 0.15) is 0 Å². The van der Waals surface area contributed by atoms with E-state index < -0.39 is 0 Å². The summed E-state index contributed by atoms with van der Waals surface area (Å²) in [5, 5.41) is 2.08. The van der Waals surface area contributed by atoms with Crippen LogP contribution in [0.2, 0.25) is 0 Å². The number of carbonyl (C=O) groups excluding carboxylic acids is 2. The molecule has 0 aromatic carbocycles. The molecule has 0 spiro atoms. The maximum atomic E-state index is 12.7. The second-order valence-corrected chi connectivity index (χ2v) is 7.70. The Hall–Kier alpha value is -1.36. The zero-order chi connectivity index (χ0) is 15.1. The Bertz CT molecular complexity index is 559. The minimum absolute atomic E-state index is 0.117. The monoisotopic (exact) mass is 318 g/mol. The molecule has 118 valence electrons. The topological polar surface area (TPSA) is 40.6 Å². The van der Waals surface area contributed by atoms with Gasteiger partial charge >= 0.3 is 0 Å². The van der Waals surface area contributed by atoms with Crippen LogP contribution in [0.1, 0.15) is 43.0 Å². The van der Waals surface area contributed by atoms with Crippen molar-refractivity contribution in [3.63, 3.8) is 0 Å². The quantitative estimate of drug-likeness (QED) is 0.860. The fourth-order valence-electron chi connectivity index (χ4n) is 3.60. The molecule has 2 amide bonds. The van der Waals surface area contributed by atoms with E-state index in [9.17, 15) is 9.59 Å². The average molecular weight is 318 g/mol. The van der Waals surface area contributed by atoms with Gasteiger partial charge in [0.05, 0.1) is 6.04 Å². The molecular weight excluding hydrogens is 296 g/mol. The summed E-state index contributed by atoms with van der Waals surface area (Å²) >= 11 is 1.74. The smallest absolute Gasteiger partial charge is 0.226 e. The van der Waals surface area contributed by atoms with Crippen LogP contribution in [0.3, 0.4) is 0 Å². The lowest BCUT2D eigenvalue weighted by Crippen LogP contribution is -2.50. The lowest BCUT2D eigenvalue weighted by molar-refractivity contribution is -0.147. The van der Waals surface area contributed by atoms with Gasteiger partial charge in [0, 0.05) is 36.3 Å². The summed E-state index contributed by atoms with van der Waals surface area (Å²) < 4.78 is 0. The van der Waals surface area contributed by atoms with E-state index in [4.69, 9.17) is 0 Å². The normalized spacial score (nSPS) is 25.9. The van der Waals surface area contributed by atoms with Crippen molar-refractivity contribution in [3.8, 4) is 0 Å². The first-order valence-corrected chi connectivity index (χ1v) is 9.24. The van der Waals surface area contributed by atoms with Gasteiger partial charge in [-0.1, -0.05) is 6.07 Å². The zero-order valence-corrected chi connectivity index (χ0v) is 13.6. The third kappa shape index (κ3) is 2.56. The third-order valence-corrected chi connectivity index (χ3v) is 6.23. The van der Waals surface area contributed by atoms with Crippen molar-refractivity contribution in [1.29, 1.82) is 0 Å². The number of carbonyl (C=O) groups is 2. The minimum atomic E-state index is 0.117. The second kappa shape index (κ2) is 5.69. The number of nitrogens with zero attached hydrogens (tertiary/aromatic N) is 2. The predicted molar refractivity (Wildman–Crippen MR) is 85.4 cm³/mol. The van der Waals surface area contributed by atoms with Crippen molar-refractivity contribution < 1.29 is 9.59 Å². The summed E-state index contributed by atoms with van der Waals surface area (Å²) in [5.74, 6) is 1.05. The molecule has 1 aromatic rings. The van der Waals surface area contributed by atoms with Gasteiger partial charge in [-0.15, -0.1) is 11.3 Å². The van der Waals surface area contributed by atoms with E-state index in [0.717, 1.165) is 51.7 Å². The molecule has 2 saturated heterocycles. The number of hydrogen-bond acceptors (Lipinski definition) is 3. The Morgan fingerprint density at radius 2 is 1.68 bits per heavy atom. The van der Waals surface area contributed by atoms with Crippen LogP contribution in [0.5, 0.6) is 0 Å². The van der Waals surface area contributed by atoms with Crippen LogP contribution in [0.4, 0.5) is 0 Å². The first kappa shape index (κ1) is 14.2. The molecule has 0 radical (unpaired) electrons. The van der Waals surface area contributed by atoms with Crippen LogP contribution in [-0.2, 0) is 9.59 Å². The van der Waals surface area contributed by atoms with Gasteiger partial charge in [0.15, 0.2) is 0 Å². The van der Waals surface area contributed by atoms with E-state index >= 15 is 0 Å². The van der Waals surface area contributed by atoms with Crippen molar-refractivity contribution in [2.24, 2.45) is 11.8 Å². The highest BCUT2D eigenvalue weighted by Gasteiger charge is 2.40. The minimum Gasteiger partial charge on any atom is -0.342 e. The predicted octanol–water partition coefficient (Wildman–Crippen LogP) is 2.67. The molecule has 3 aliphatic rings. The van der Waals surface area contributed by atoms with E-state index in [1.807, 2.05) is 4.90 Å². The third-order valence-electron chi connectivity index (χ3n) is 5.26. The number of piperidine rings is 1. The summed E-state index contributed by atoms with van der Waals surface area (Å²) in [7, 11) is 0. The van der Waals surface area contributed by atoms with Gasteiger partial charge < -0.3 is 9.80 Å². The van der Waals surface area contributed by atoms with Gasteiger partial charge in [0.25, 0.3) is 0 Å². The first-order chi connectivity index (χ1) is 10.7. The second-order valence-electron chi connectivity index (χ2n) is 6.73. The lowest BCUT2D eigenvalue weighted by Gasteiger charge is -2.43. The van der Waals surface area contributed by atoms with Gasteiger partial charge in [0.2, 0.25) is 11.8 Å². The van der Waals surface area contributed by atoms with Crippen LogP contribution in [0.15, 0.2) is 17.5 Å². The summed E-state index contributed by atoms with van der Waals surface area (Å²) in [6.45, 7) is 2.43. The van der Waals surface area contributed by atoms with E-state index in [-0.39, 0.29) is 5.92 Å². The van der Waals surface area contributed by atoms with Crippen LogP contribution in [-0.4, -0.2) is 41.2 Å². The van der Waals surface area contributed by atoms with Crippen LogP contribution in [0.25, 0.3) is 0 Å². The molecule has 0 N–H and O–H groups in total. The Balaban J connectivity index is 1.33. The molecule has 1 saturated carbocycles. The molecule has 2 aliphatic heterocycles. The highest BCUT2D eigenvalue weighted by Crippen LogP contribution is 2.38. The van der Waals surface area contributed by atoms with E-state index in [1.165, 1.54) is 4.88 Å². The summed E-state index contributed by atoms with van der Waals surface area (Å²) in [6, 6.07) is 4.49. The Morgan fingerprint density at radius 1 is 0.955 bits per heavy atom. The number of likely N-dealkylation sites (tertiary alicyclic amines) is 2. The standard InChI is InChI=1S/C17H22N2O2S/c20-16(12-3-4-12)18-8-5-13(6-9-18)17(21)19-10-7-14(19)15-2-1-11-22-15/h1-2,11-14H,3-10H2/t14-/m1/s1. The Labute approximate surface area is 135 Å². The average Bonchev–Trinajstić information content (AvgIpc) is 3.23. The number of rotatable bonds is 3. The molecule has 4 rings (SSSR count). The van der Waals surface area contributed by atoms with Crippen molar-refractivity contribution in [2.75, 3.05) is 19.6 Å². The molecule has 22 heavy (non-hydrogen) atoms. The first-order valence-electron chi connectivity index (χ1n) is 8.36. The number of thiophene rings is 1. The number of amides is 2. The van der Waals surface area contributed by atoms with Crippen molar-refractivity contribution in [1.82, 2.24) is 9.80 Å². The highest BCUT2D eigenvalue weighted by molar-refractivity contribution is 7.10. The SMILES string of the molecule is O=C(C1CC1)N1CCC(C(=O)N2CC[C@@H]2c2cccs2)CC1. The van der Waals surface area contributed by atoms with Crippen LogP contribution < -0.4 is 0 Å².